The topological polar surface area (TPSA) is 169 Å². The van der Waals surface area contributed by atoms with Crippen molar-refractivity contribution in [3.63, 3.8) is 0 Å². The fraction of sp³-hybridized carbons (Fsp3) is 0.396. The van der Waals surface area contributed by atoms with Crippen molar-refractivity contribution in [1.29, 1.82) is 0 Å². The van der Waals surface area contributed by atoms with E-state index in [1.807, 2.05) is 35.4 Å². The molecule has 8 aromatic rings. The number of nitrogens with zero attached hydrogens (tertiary/aromatic N) is 10. The zero-order chi connectivity index (χ0) is 44.7. The fourth-order valence-corrected chi connectivity index (χ4v) is 11.0. The molecule has 66 heavy (non-hydrogen) atoms. The van der Waals surface area contributed by atoms with Crippen molar-refractivity contribution in [3.8, 4) is 17.2 Å². The van der Waals surface area contributed by atoms with Crippen molar-refractivity contribution in [2.24, 2.45) is 5.92 Å². The summed E-state index contributed by atoms with van der Waals surface area (Å²) in [6.07, 6.45) is 12.8. The van der Waals surface area contributed by atoms with Crippen LogP contribution < -0.4 is 11.4 Å². The number of rotatable bonds is 9. The molecule has 0 bridgehead atoms. The highest BCUT2D eigenvalue weighted by Gasteiger charge is 2.59. The molecule has 3 unspecified atom stereocenters. The van der Waals surface area contributed by atoms with Gasteiger partial charge in [-0.05, 0) is 112 Å². The van der Waals surface area contributed by atoms with Crippen LogP contribution in [-0.4, -0.2) is 79.0 Å². The molecule has 336 valence electrons. The lowest BCUT2D eigenvalue weighted by molar-refractivity contribution is 0.0663. The Hall–Kier alpha value is -6.95. The third-order valence-electron chi connectivity index (χ3n) is 14.9. The van der Waals surface area contributed by atoms with E-state index in [2.05, 4.69) is 21.3 Å². The van der Waals surface area contributed by atoms with Crippen LogP contribution in [-0.2, 0) is 16.7 Å². The maximum atomic E-state index is 16.4. The number of ether oxygens (including phenoxy) is 1. The number of imidazole rings is 1. The number of halogens is 2. The predicted molar refractivity (Wildman–Crippen MR) is 236 cm³/mol. The number of carbonyl (C=O) groups is 1. The number of hydrogen-bond donors (Lipinski definition) is 1. The van der Waals surface area contributed by atoms with Crippen LogP contribution in [0.2, 0.25) is 0 Å². The normalized spacial score (nSPS) is 22.2. The molecule has 3 atom stereocenters. The van der Waals surface area contributed by atoms with Gasteiger partial charge >= 0.3 is 11.4 Å². The largest absolute Gasteiger partial charge is 0.438 e. The van der Waals surface area contributed by atoms with Gasteiger partial charge in [-0.15, -0.1) is 0 Å². The van der Waals surface area contributed by atoms with Crippen LogP contribution in [0.15, 0.2) is 81.4 Å². The third kappa shape index (κ3) is 5.85. The highest BCUT2D eigenvalue weighted by Crippen LogP contribution is 2.56. The van der Waals surface area contributed by atoms with E-state index in [1.54, 1.807) is 40.0 Å². The van der Waals surface area contributed by atoms with E-state index in [4.69, 9.17) is 19.3 Å². The second kappa shape index (κ2) is 14.3. The number of hydrogen-bond acceptors (Lipinski definition) is 9. The first-order valence-electron chi connectivity index (χ1n) is 22.9. The van der Waals surface area contributed by atoms with E-state index >= 15 is 13.6 Å². The lowest BCUT2D eigenvalue weighted by Gasteiger charge is -2.34. The molecule has 2 aliphatic heterocycles. The Labute approximate surface area is 374 Å². The van der Waals surface area contributed by atoms with Crippen molar-refractivity contribution < 1.29 is 22.8 Å². The molecular weight excluding hydrogens is 849 g/mol. The number of benzene rings is 2. The predicted octanol–water partition coefficient (Wildman–Crippen LogP) is 7.12. The van der Waals surface area contributed by atoms with Gasteiger partial charge in [0.05, 0.1) is 58.0 Å². The second-order valence-electron chi connectivity index (χ2n) is 18.9. The Kier molecular flexibility index (Phi) is 8.52. The first-order valence-corrected chi connectivity index (χ1v) is 22.9. The Balaban J connectivity index is 0.948. The Morgan fingerprint density at radius 3 is 2.45 bits per heavy atom. The number of fused-ring (bicyclic) bond motifs is 3. The van der Waals surface area contributed by atoms with Crippen molar-refractivity contribution in [2.75, 3.05) is 19.8 Å². The minimum atomic E-state index is -0.881. The number of pyridine rings is 1. The van der Waals surface area contributed by atoms with Crippen LogP contribution >= 0.6 is 0 Å². The number of aromatic amines is 1. The first-order chi connectivity index (χ1) is 32.1. The molecular formula is C48H45F2N11O5. The zero-order valence-electron chi connectivity index (χ0n) is 36.3. The van der Waals surface area contributed by atoms with Crippen LogP contribution in [0.3, 0.4) is 0 Å². The maximum Gasteiger partial charge on any atom is 0.438 e. The maximum absolute atomic E-state index is 16.4. The van der Waals surface area contributed by atoms with Crippen LogP contribution in [0.25, 0.3) is 39.0 Å². The molecule has 2 aromatic carbocycles. The van der Waals surface area contributed by atoms with Crippen LogP contribution in [0.4, 0.5) is 8.78 Å². The molecule has 13 rings (SSSR count). The van der Waals surface area contributed by atoms with Gasteiger partial charge < -0.3 is 14.2 Å². The van der Waals surface area contributed by atoms with Gasteiger partial charge in [0.2, 0.25) is 0 Å². The zero-order valence-corrected chi connectivity index (χ0v) is 36.3. The summed E-state index contributed by atoms with van der Waals surface area (Å²) in [6, 6.07) is 11.9. The van der Waals surface area contributed by atoms with Gasteiger partial charge in [0.1, 0.15) is 22.9 Å². The minimum Gasteiger partial charge on any atom is -0.381 e. The Morgan fingerprint density at radius 1 is 0.909 bits per heavy atom. The van der Waals surface area contributed by atoms with Gasteiger partial charge in [-0.3, -0.25) is 33.1 Å². The van der Waals surface area contributed by atoms with Crippen LogP contribution in [0.1, 0.15) is 122 Å². The Bertz CT molecular complexity index is 3430. The molecule has 1 N–H and O–H groups in total. The number of carbonyl (C=O) groups excluding carboxylic acids is 1. The second-order valence-corrected chi connectivity index (χ2v) is 18.9. The molecule has 6 aromatic heterocycles. The first kappa shape index (κ1) is 39.4. The van der Waals surface area contributed by atoms with Gasteiger partial charge in [-0.2, -0.15) is 10.2 Å². The van der Waals surface area contributed by atoms with Gasteiger partial charge in [-0.1, -0.05) is 12.1 Å². The summed E-state index contributed by atoms with van der Waals surface area (Å²) in [5.74, 6) is -0.819. The van der Waals surface area contributed by atoms with Crippen molar-refractivity contribution in [1.82, 2.24) is 53.3 Å². The van der Waals surface area contributed by atoms with Gasteiger partial charge in [0, 0.05) is 61.1 Å². The molecule has 1 saturated heterocycles. The van der Waals surface area contributed by atoms with Crippen molar-refractivity contribution >= 4 is 27.7 Å². The van der Waals surface area contributed by atoms with Gasteiger partial charge in [-0.25, -0.2) is 23.1 Å². The van der Waals surface area contributed by atoms with E-state index < -0.39 is 28.8 Å². The summed E-state index contributed by atoms with van der Waals surface area (Å²) in [5, 5.41) is 14.9. The van der Waals surface area contributed by atoms with Crippen molar-refractivity contribution in [3.05, 3.63) is 134 Å². The molecule has 5 aliphatic rings. The van der Waals surface area contributed by atoms with E-state index in [-0.39, 0.29) is 41.2 Å². The van der Waals surface area contributed by atoms with Gasteiger partial charge in [0.15, 0.2) is 11.6 Å². The highest BCUT2D eigenvalue weighted by atomic mass is 19.1. The van der Waals surface area contributed by atoms with Crippen LogP contribution in [0, 0.1) is 17.6 Å². The van der Waals surface area contributed by atoms with E-state index in [9.17, 15) is 9.59 Å². The molecule has 1 amide bonds. The standard InChI is InChI=1S/C48H45F2N11O5/c1-25-22-48(25,45-53-46(63)66-55-45)59-39(20-29-19-36(51-24-40(29)59)28-12-17-65-18-13-28)44(62)56-14-11-35-41(26(56)2)43(61(54-35)31-7-8-34(49)32(21-31)27-3-4-27)58-16-15-57(47(58)64)38-10-9-37-33(42(38)50)23-52-60(37)30-5-6-30/h7-10,15-16,19-21,23-28,30H,3-6,11-14,17-18,22H2,1-2H3,(H,53,55,63). The lowest BCUT2D eigenvalue weighted by Crippen LogP contribution is -2.41. The molecule has 4 fully saturated rings. The summed E-state index contributed by atoms with van der Waals surface area (Å²) in [7, 11) is 0. The number of nitrogens with one attached hydrogen (secondary N) is 1. The van der Waals surface area contributed by atoms with Crippen LogP contribution in [0.5, 0.6) is 0 Å². The SMILES string of the molecule is CC1c2c(nn(-c3ccc(F)c(C4CC4)c3)c2-n2ccn(-c3ccc4c(cnn4C4CC4)c3F)c2=O)CCN1C(=O)c1cc2cc(C3CCOCC3)ncc2n1C1(c2noc(=O)[nH]2)CC1C. The monoisotopic (exact) mass is 893 g/mol. The summed E-state index contributed by atoms with van der Waals surface area (Å²) >= 11 is 0. The number of H-pyrrole nitrogens is 1. The smallest absolute Gasteiger partial charge is 0.381 e. The third-order valence-corrected chi connectivity index (χ3v) is 14.9. The van der Waals surface area contributed by atoms with E-state index in [0.717, 1.165) is 55.1 Å². The molecule has 3 saturated carbocycles. The summed E-state index contributed by atoms with van der Waals surface area (Å²) in [5.41, 5.74) is 3.82. The average molecular weight is 894 g/mol. The van der Waals surface area contributed by atoms with E-state index in [1.165, 1.54) is 27.6 Å². The molecule has 8 heterocycles. The van der Waals surface area contributed by atoms with E-state index in [0.29, 0.717) is 83.3 Å². The lowest BCUT2D eigenvalue weighted by atomic mass is 9.95. The van der Waals surface area contributed by atoms with Gasteiger partial charge in [0.25, 0.3) is 5.91 Å². The summed E-state index contributed by atoms with van der Waals surface area (Å²) in [4.78, 5) is 52.2. The Morgan fingerprint density at radius 2 is 1.71 bits per heavy atom. The average Bonchev–Trinajstić information content (AvgIpc) is 4.26. The molecule has 3 aliphatic carbocycles. The fourth-order valence-electron chi connectivity index (χ4n) is 11.0. The molecule has 18 heteroatoms. The highest BCUT2D eigenvalue weighted by molar-refractivity contribution is 5.99. The molecule has 0 spiro atoms. The molecule has 16 nitrogen and oxygen atoms in total. The quantitative estimate of drug-likeness (QED) is 0.159. The summed E-state index contributed by atoms with van der Waals surface area (Å²) < 4.78 is 50.6. The van der Waals surface area contributed by atoms with Crippen molar-refractivity contribution in [2.45, 2.75) is 94.7 Å². The number of aromatic nitrogens is 10. The minimum absolute atomic E-state index is 0.0159. The number of amides is 1. The molecule has 0 radical (unpaired) electrons. The summed E-state index contributed by atoms with van der Waals surface area (Å²) in [6.45, 7) is 5.57.